The van der Waals surface area contributed by atoms with Crippen LogP contribution in [0.5, 0.6) is 11.5 Å². The van der Waals surface area contributed by atoms with Crippen LogP contribution in [0.4, 0.5) is 0 Å². The number of benzene rings is 1. The van der Waals surface area contributed by atoms with Gasteiger partial charge in [-0.1, -0.05) is 0 Å². The molecule has 0 bridgehead atoms. The number of phenolic OH excluding ortho intramolecular Hbond substituents is 1. The Morgan fingerprint density at radius 3 is 1.82 bits per heavy atom. The summed E-state index contributed by atoms with van der Waals surface area (Å²) < 4.78 is 65.5. The number of ether oxygens (including phenoxy) is 1. The van der Waals surface area contributed by atoms with Crippen molar-refractivity contribution >= 4 is 20.2 Å². The second-order valence-electron chi connectivity index (χ2n) is 2.92. The molecule has 0 saturated carbocycles. The van der Waals surface area contributed by atoms with Crippen molar-refractivity contribution < 1.29 is 35.8 Å². The van der Waals surface area contributed by atoms with Crippen LogP contribution in [0.2, 0.25) is 0 Å². The fraction of sp³-hybridized carbons (Fsp3) is 0.143. The van der Waals surface area contributed by atoms with Gasteiger partial charge in [-0.2, -0.15) is 16.8 Å². The maximum absolute atomic E-state index is 10.9. The molecule has 0 aliphatic carbocycles. The molecule has 96 valence electrons. The van der Waals surface area contributed by atoms with Gasteiger partial charge in [0.05, 0.1) is 7.11 Å². The monoisotopic (exact) mass is 284 g/mol. The van der Waals surface area contributed by atoms with Crippen molar-refractivity contribution in [3.63, 3.8) is 0 Å². The van der Waals surface area contributed by atoms with Crippen LogP contribution in [0.3, 0.4) is 0 Å². The highest BCUT2D eigenvalue weighted by Crippen LogP contribution is 2.33. The fourth-order valence-corrected chi connectivity index (χ4v) is 2.43. The fourth-order valence-electron chi connectivity index (χ4n) is 1.10. The highest BCUT2D eigenvalue weighted by Gasteiger charge is 2.24. The molecule has 1 aromatic rings. The average Bonchev–Trinajstić information content (AvgIpc) is 2.13. The molecule has 17 heavy (non-hydrogen) atoms. The Morgan fingerprint density at radius 1 is 1.00 bits per heavy atom. The Kier molecular flexibility index (Phi) is 3.34. The number of methoxy groups -OCH3 is 1. The summed E-state index contributed by atoms with van der Waals surface area (Å²) in [6.45, 7) is 0. The Bertz CT molecular complexity index is 643. The molecule has 0 aliphatic rings. The number of aromatic hydroxyl groups is 1. The summed E-state index contributed by atoms with van der Waals surface area (Å²) in [7, 11) is -8.53. The molecule has 0 aliphatic heterocycles. The number of rotatable bonds is 3. The van der Waals surface area contributed by atoms with E-state index < -0.39 is 41.5 Å². The molecule has 0 atom stereocenters. The third kappa shape index (κ3) is 2.85. The van der Waals surface area contributed by atoms with Crippen molar-refractivity contribution in [2.75, 3.05) is 7.11 Å². The van der Waals surface area contributed by atoms with Crippen LogP contribution in [0, 0.1) is 0 Å². The van der Waals surface area contributed by atoms with Gasteiger partial charge in [0.1, 0.15) is 21.3 Å². The van der Waals surface area contributed by atoms with Crippen molar-refractivity contribution in [2.24, 2.45) is 0 Å². The lowest BCUT2D eigenvalue weighted by molar-refractivity contribution is 0.387. The Balaban J connectivity index is 3.73. The van der Waals surface area contributed by atoms with Crippen molar-refractivity contribution in [1.82, 2.24) is 0 Å². The Morgan fingerprint density at radius 2 is 1.47 bits per heavy atom. The summed E-state index contributed by atoms with van der Waals surface area (Å²) >= 11 is 0. The van der Waals surface area contributed by atoms with Gasteiger partial charge in [0, 0.05) is 6.07 Å². The molecule has 10 heteroatoms. The first kappa shape index (κ1) is 13.7. The topological polar surface area (TPSA) is 138 Å². The molecule has 0 heterocycles. The molecule has 0 unspecified atom stereocenters. The lowest BCUT2D eigenvalue weighted by Gasteiger charge is -2.08. The highest BCUT2D eigenvalue weighted by atomic mass is 32.2. The summed E-state index contributed by atoms with van der Waals surface area (Å²) in [5.41, 5.74) is 0. The van der Waals surface area contributed by atoms with Crippen LogP contribution < -0.4 is 4.74 Å². The van der Waals surface area contributed by atoms with E-state index in [9.17, 15) is 21.9 Å². The van der Waals surface area contributed by atoms with Gasteiger partial charge in [-0.25, -0.2) is 0 Å². The maximum atomic E-state index is 10.9. The number of hydrogen-bond acceptors (Lipinski definition) is 6. The largest absolute Gasteiger partial charge is 0.506 e. The maximum Gasteiger partial charge on any atom is 0.298 e. The van der Waals surface area contributed by atoms with Crippen molar-refractivity contribution in [1.29, 1.82) is 0 Å². The molecule has 0 radical (unpaired) electrons. The minimum atomic E-state index is -4.82. The van der Waals surface area contributed by atoms with Crippen LogP contribution in [0.25, 0.3) is 0 Å². The van der Waals surface area contributed by atoms with Crippen molar-refractivity contribution in [3.05, 3.63) is 12.1 Å². The average molecular weight is 284 g/mol. The second kappa shape index (κ2) is 4.14. The smallest absolute Gasteiger partial charge is 0.298 e. The van der Waals surface area contributed by atoms with Gasteiger partial charge in [-0.15, -0.1) is 0 Å². The lowest BCUT2D eigenvalue weighted by atomic mass is 10.3. The molecule has 3 N–H and O–H groups in total. The van der Waals surface area contributed by atoms with Gasteiger partial charge in [0.15, 0.2) is 0 Å². The molecule has 0 saturated heterocycles. The van der Waals surface area contributed by atoms with Crippen molar-refractivity contribution in [2.45, 2.75) is 9.79 Å². The highest BCUT2D eigenvalue weighted by molar-refractivity contribution is 7.86. The molecule has 8 nitrogen and oxygen atoms in total. The second-order valence-corrected chi connectivity index (χ2v) is 5.70. The molecule has 0 aromatic heterocycles. The van der Waals surface area contributed by atoms with E-state index in [4.69, 9.17) is 9.11 Å². The predicted octanol–water partition coefficient (Wildman–Crippen LogP) is -0.106. The van der Waals surface area contributed by atoms with Crippen LogP contribution in [-0.2, 0) is 20.2 Å². The molecule has 1 rings (SSSR count). The first-order valence-electron chi connectivity index (χ1n) is 3.93. The summed E-state index contributed by atoms with van der Waals surface area (Å²) in [6.07, 6.45) is 0. The van der Waals surface area contributed by atoms with Gasteiger partial charge < -0.3 is 9.84 Å². The van der Waals surface area contributed by atoms with Crippen LogP contribution in [0.15, 0.2) is 21.9 Å². The third-order valence-electron chi connectivity index (χ3n) is 1.80. The SMILES string of the molecule is COc1cc(O)c(S(=O)(=O)O)cc1S(=O)(=O)O. The summed E-state index contributed by atoms with van der Waals surface area (Å²) in [5, 5.41) is 9.25. The van der Waals surface area contributed by atoms with E-state index >= 15 is 0 Å². The quantitative estimate of drug-likeness (QED) is 0.654. The zero-order chi connectivity index (χ0) is 13.4. The zero-order valence-corrected chi connectivity index (χ0v) is 9.99. The Hall–Kier alpha value is -1.36. The van der Waals surface area contributed by atoms with E-state index in [1.807, 2.05) is 0 Å². The normalized spacial score (nSPS) is 12.4. The summed E-state index contributed by atoms with van der Waals surface area (Å²) in [5.74, 6) is -1.37. The van der Waals surface area contributed by atoms with Gasteiger partial charge in [-0.3, -0.25) is 9.11 Å². The van der Waals surface area contributed by atoms with Gasteiger partial charge in [-0.05, 0) is 6.07 Å². The van der Waals surface area contributed by atoms with Gasteiger partial charge in [0.25, 0.3) is 20.2 Å². The molecule has 0 fully saturated rings. The third-order valence-corrected chi connectivity index (χ3v) is 3.56. The van der Waals surface area contributed by atoms with E-state index in [0.717, 1.165) is 7.11 Å². The van der Waals surface area contributed by atoms with E-state index in [1.165, 1.54) is 0 Å². The molecular formula is C7H8O8S2. The number of phenols is 1. The molecule has 0 spiro atoms. The van der Waals surface area contributed by atoms with Crippen LogP contribution >= 0.6 is 0 Å². The number of hydrogen-bond donors (Lipinski definition) is 3. The standard InChI is InChI=1S/C7H8O8S2/c1-15-5-2-4(8)6(16(9,10)11)3-7(5)17(12,13)14/h2-3,8H,1H3,(H,9,10,11)(H,12,13,14). The minimum absolute atomic E-state index is 0.388. The summed E-state index contributed by atoms with van der Waals surface area (Å²) in [6, 6.07) is 1.03. The predicted molar refractivity (Wildman–Crippen MR) is 54.3 cm³/mol. The van der Waals surface area contributed by atoms with E-state index in [2.05, 4.69) is 4.74 Å². The first-order chi connectivity index (χ1) is 7.57. The summed E-state index contributed by atoms with van der Waals surface area (Å²) in [4.78, 5) is -1.93. The van der Waals surface area contributed by atoms with Crippen LogP contribution in [-0.4, -0.2) is 38.2 Å². The lowest BCUT2D eigenvalue weighted by Crippen LogP contribution is -2.05. The van der Waals surface area contributed by atoms with Crippen molar-refractivity contribution in [3.8, 4) is 11.5 Å². The van der Waals surface area contributed by atoms with E-state index in [-0.39, 0.29) is 0 Å². The van der Waals surface area contributed by atoms with Crippen LogP contribution in [0.1, 0.15) is 0 Å². The van der Waals surface area contributed by atoms with E-state index in [1.54, 1.807) is 0 Å². The van der Waals surface area contributed by atoms with E-state index in [0.29, 0.717) is 12.1 Å². The molecular weight excluding hydrogens is 276 g/mol. The van der Waals surface area contributed by atoms with Gasteiger partial charge >= 0.3 is 0 Å². The molecule has 1 aromatic carbocycles. The zero-order valence-electron chi connectivity index (χ0n) is 8.35. The Labute approximate surface area is 97.0 Å². The van der Waals surface area contributed by atoms with Gasteiger partial charge in [0.2, 0.25) is 0 Å². The molecule has 0 amide bonds. The first-order valence-corrected chi connectivity index (χ1v) is 6.81. The minimum Gasteiger partial charge on any atom is -0.506 e.